The van der Waals surface area contributed by atoms with Crippen LogP contribution in [0.5, 0.6) is 0 Å². The van der Waals surface area contributed by atoms with Crippen molar-refractivity contribution in [3.63, 3.8) is 0 Å². The number of alkyl halides is 1. The number of halogens is 1. The van der Waals surface area contributed by atoms with Crippen LogP contribution in [0.1, 0.15) is 0 Å². The minimum atomic E-state index is -2.92. The summed E-state index contributed by atoms with van der Waals surface area (Å²) in [6, 6.07) is 0. The fourth-order valence-corrected chi connectivity index (χ4v) is 3.59. The molecule has 0 aliphatic heterocycles. The van der Waals surface area contributed by atoms with Crippen molar-refractivity contribution < 1.29 is 27.0 Å². The Balaban J connectivity index is -0.000000206. The van der Waals surface area contributed by atoms with Crippen molar-refractivity contribution in [2.45, 2.75) is 0 Å². The summed E-state index contributed by atoms with van der Waals surface area (Å²) in [5.41, 5.74) is 0. The Morgan fingerprint density at radius 3 is 1.37 bits per heavy atom. The molecule has 0 aromatic rings. The molecule has 0 fully saturated rings. The van der Waals surface area contributed by atoms with Crippen LogP contribution in [0.4, 0.5) is 0 Å². The van der Waals surface area contributed by atoms with Crippen LogP contribution in [0, 0.1) is 0 Å². The van der Waals surface area contributed by atoms with Crippen LogP contribution < -0.4 is 0 Å². The summed E-state index contributed by atoms with van der Waals surface area (Å²) in [6.45, 7) is 0.0278. The van der Waals surface area contributed by atoms with Crippen LogP contribution in [0.15, 0.2) is 0 Å². The molecule has 0 radical (unpaired) electrons. The maximum Gasteiger partial charge on any atom is 0.149 e. The van der Waals surface area contributed by atoms with Crippen LogP contribution >= 0.6 is 34.4 Å². The Morgan fingerprint density at radius 1 is 0.947 bits per heavy atom. The van der Waals surface area contributed by atoms with E-state index in [1.54, 1.807) is 11.8 Å². The highest BCUT2D eigenvalue weighted by molar-refractivity contribution is 14.1. The number of rotatable bonds is 6. The average molecular weight is 450 g/mol. The zero-order valence-electron chi connectivity index (χ0n) is 11.4. The predicted octanol–water partition coefficient (Wildman–Crippen LogP) is -0.169. The summed E-state index contributed by atoms with van der Waals surface area (Å²) in [5.74, 6) is 1.03. The number of sulfone groups is 2. The number of hydrogen-bond acceptors (Lipinski definition) is 7. The largest absolute Gasteiger partial charge is 0.396 e. The number of hydrogen-bond donors (Lipinski definition) is 2. The van der Waals surface area contributed by atoms with Gasteiger partial charge in [-0.1, -0.05) is 22.6 Å². The van der Waals surface area contributed by atoms with Crippen molar-refractivity contribution in [3.05, 3.63) is 0 Å². The van der Waals surface area contributed by atoms with Gasteiger partial charge >= 0.3 is 0 Å². The fourth-order valence-electron chi connectivity index (χ4n) is 0.397. The maximum absolute atomic E-state index is 10.2. The summed E-state index contributed by atoms with van der Waals surface area (Å²) in [6.07, 6.45) is 4.30. The SMILES string of the molecule is CS(=O)(=O)CCI.CS(=O)(=O)CCO.CSCCO. The Hall–Kier alpha value is 0.900. The van der Waals surface area contributed by atoms with E-state index in [1.807, 2.05) is 28.8 Å². The van der Waals surface area contributed by atoms with Gasteiger partial charge < -0.3 is 10.2 Å². The van der Waals surface area contributed by atoms with Crippen molar-refractivity contribution in [1.82, 2.24) is 0 Å². The third-order valence-electron chi connectivity index (χ3n) is 1.21. The van der Waals surface area contributed by atoms with Gasteiger partial charge in [0.2, 0.25) is 0 Å². The summed E-state index contributed by atoms with van der Waals surface area (Å²) >= 11 is 3.69. The van der Waals surface area contributed by atoms with E-state index in [2.05, 4.69) is 0 Å². The second-order valence-corrected chi connectivity index (χ2v) is 9.97. The standard InChI is InChI=1S/C3H7IO2S.C3H8O3S.C3H8OS/c2*1-7(5,6)3-2-4;1-5-3-2-4/h2-3H2,1H3;4H,2-3H2,1H3;4H,2-3H2,1H3. The zero-order valence-corrected chi connectivity index (χ0v) is 16.0. The molecule has 6 nitrogen and oxygen atoms in total. The molecule has 120 valence electrons. The van der Waals surface area contributed by atoms with Crippen LogP contribution in [0.3, 0.4) is 0 Å². The summed E-state index contributed by atoms with van der Waals surface area (Å²) < 4.78 is 41.3. The third kappa shape index (κ3) is 45.4. The highest BCUT2D eigenvalue weighted by Crippen LogP contribution is 1.86. The van der Waals surface area contributed by atoms with E-state index in [0.717, 1.165) is 12.0 Å². The Kier molecular flexibility index (Phi) is 20.0. The van der Waals surface area contributed by atoms with Crippen LogP contribution in [0.2, 0.25) is 0 Å². The minimum absolute atomic E-state index is 0.132. The van der Waals surface area contributed by atoms with E-state index in [-0.39, 0.29) is 12.4 Å². The molecule has 0 amide bonds. The molecule has 0 aromatic heterocycles. The van der Waals surface area contributed by atoms with Gasteiger partial charge in [-0.15, -0.1) is 0 Å². The van der Waals surface area contributed by atoms with Crippen molar-refractivity contribution in [2.24, 2.45) is 0 Å². The Bertz CT molecular complexity index is 329. The van der Waals surface area contributed by atoms with Crippen LogP contribution in [-0.4, -0.2) is 80.7 Å². The lowest BCUT2D eigenvalue weighted by Gasteiger charge is -1.87. The molecule has 0 saturated carbocycles. The van der Waals surface area contributed by atoms with Gasteiger partial charge in [0, 0.05) is 22.7 Å². The molecular formula is C9H23IO6S3. The predicted molar refractivity (Wildman–Crippen MR) is 90.9 cm³/mol. The first-order valence-corrected chi connectivity index (χ1v) is 12.2. The molecule has 2 N–H and O–H groups in total. The molecule has 0 heterocycles. The first-order valence-electron chi connectivity index (χ1n) is 5.16. The number of aliphatic hydroxyl groups is 2. The average Bonchev–Trinajstić information content (AvgIpc) is 2.16. The van der Waals surface area contributed by atoms with Crippen LogP contribution in [-0.2, 0) is 19.7 Å². The lowest BCUT2D eigenvalue weighted by atomic mass is 10.9. The summed E-state index contributed by atoms with van der Waals surface area (Å²) in [7, 11) is -5.61. The van der Waals surface area contributed by atoms with E-state index in [4.69, 9.17) is 10.2 Å². The van der Waals surface area contributed by atoms with Gasteiger partial charge in [0.25, 0.3) is 0 Å². The van der Waals surface area contributed by atoms with E-state index in [9.17, 15) is 16.8 Å². The molecule has 0 rings (SSSR count). The van der Waals surface area contributed by atoms with E-state index in [1.165, 1.54) is 6.26 Å². The molecule has 0 spiro atoms. The first-order chi connectivity index (χ1) is 8.54. The van der Waals surface area contributed by atoms with Crippen molar-refractivity contribution in [1.29, 1.82) is 0 Å². The maximum atomic E-state index is 10.2. The van der Waals surface area contributed by atoms with E-state index < -0.39 is 19.7 Å². The second kappa shape index (κ2) is 15.3. The van der Waals surface area contributed by atoms with Gasteiger partial charge in [0.15, 0.2) is 0 Å². The lowest BCUT2D eigenvalue weighted by molar-refractivity contribution is 0.320. The zero-order chi connectivity index (χ0) is 15.9. The summed E-state index contributed by atoms with van der Waals surface area (Å²) in [5, 5.41) is 16.1. The van der Waals surface area contributed by atoms with E-state index in [0.29, 0.717) is 16.8 Å². The van der Waals surface area contributed by atoms with Crippen molar-refractivity contribution in [2.75, 3.05) is 53.7 Å². The van der Waals surface area contributed by atoms with Gasteiger partial charge in [-0.25, -0.2) is 16.8 Å². The Morgan fingerprint density at radius 2 is 1.37 bits per heavy atom. The highest BCUT2D eigenvalue weighted by Gasteiger charge is 1.96. The summed E-state index contributed by atoms with van der Waals surface area (Å²) in [4.78, 5) is 0. The molecule has 0 atom stereocenters. The van der Waals surface area contributed by atoms with Crippen molar-refractivity contribution >= 4 is 54.0 Å². The minimum Gasteiger partial charge on any atom is -0.396 e. The van der Waals surface area contributed by atoms with Gasteiger partial charge in [0.05, 0.1) is 24.7 Å². The van der Waals surface area contributed by atoms with Gasteiger partial charge in [0.1, 0.15) is 19.7 Å². The molecule has 0 aromatic carbocycles. The number of thioether (sulfide) groups is 1. The third-order valence-corrected chi connectivity index (χ3v) is 4.94. The molecule has 0 saturated heterocycles. The monoisotopic (exact) mass is 450 g/mol. The quantitative estimate of drug-likeness (QED) is 0.427. The van der Waals surface area contributed by atoms with Crippen molar-refractivity contribution in [3.8, 4) is 0 Å². The first kappa shape index (κ1) is 24.9. The number of aliphatic hydroxyl groups excluding tert-OH is 2. The molecule has 10 heteroatoms. The molecule has 0 aliphatic carbocycles. The van der Waals surface area contributed by atoms with Gasteiger partial charge in [-0.2, -0.15) is 11.8 Å². The molecule has 0 bridgehead atoms. The smallest absolute Gasteiger partial charge is 0.149 e. The normalized spacial score (nSPS) is 10.8. The fraction of sp³-hybridized carbons (Fsp3) is 1.00. The molecule has 0 aliphatic rings. The molecule has 0 unspecified atom stereocenters. The molecular weight excluding hydrogens is 427 g/mol. The van der Waals surface area contributed by atoms with Crippen LogP contribution in [0.25, 0.3) is 0 Å². The molecule has 19 heavy (non-hydrogen) atoms. The highest BCUT2D eigenvalue weighted by atomic mass is 127. The topological polar surface area (TPSA) is 109 Å². The lowest BCUT2D eigenvalue weighted by Crippen LogP contribution is -2.05. The van der Waals surface area contributed by atoms with Gasteiger partial charge in [-0.3, -0.25) is 0 Å². The second-order valence-electron chi connectivity index (χ2n) is 3.39. The van der Waals surface area contributed by atoms with Gasteiger partial charge in [-0.05, 0) is 6.26 Å². The van der Waals surface area contributed by atoms with E-state index >= 15 is 0 Å². The Labute approximate surface area is 134 Å².